The first-order chi connectivity index (χ1) is 8.15. The van der Waals surface area contributed by atoms with Gasteiger partial charge >= 0.3 is 0 Å². The Morgan fingerprint density at radius 3 is 2.82 bits per heavy atom. The molecule has 1 saturated heterocycles. The lowest BCUT2D eigenvalue weighted by Gasteiger charge is -2.30. The van der Waals surface area contributed by atoms with E-state index in [0.29, 0.717) is 11.7 Å². The van der Waals surface area contributed by atoms with Gasteiger partial charge in [-0.2, -0.15) is 11.8 Å². The molecule has 2 nitrogen and oxygen atoms in total. The van der Waals surface area contributed by atoms with Crippen LogP contribution in [0.5, 0.6) is 0 Å². The van der Waals surface area contributed by atoms with Crippen molar-refractivity contribution in [1.82, 2.24) is 4.90 Å². The van der Waals surface area contributed by atoms with Gasteiger partial charge in [-0.25, -0.2) is 0 Å². The Morgan fingerprint density at radius 2 is 2.18 bits per heavy atom. The summed E-state index contributed by atoms with van der Waals surface area (Å²) < 4.78 is 0. The molecule has 0 N–H and O–H groups in total. The number of benzene rings is 1. The predicted octanol–water partition coefficient (Wildman–Crippen LogP) is 2.48. The highest BCUT2D eigenvalue weighted by atomic mass is 32.2. The molecular weight excluding hydrogens is 250 g/mol. The van der Waals surface area contributed by atoms with E-state index in [0.717, 1.165) is 29.3 Å². The van der Waals surface area contributed by atoms with Gasteiger partial charge in [0.25, 0.3) is 0 Å². The minimum Gasteiger partial charge on any atom is -0.340 e. The van der Waals surface area contributed by atoms with Crippen LogP contribution in [0, 0.1) is 0 Å². The Hall–Kier alpha value is -0.610. The molecule has 1 heterocycles. The van der Waals surface area contributed by atoms with Crippen LogP contribution in [-0.4, -0.2) is 34.9 Å². The summed E-state index contributed by atoms with van der Waals surface area (Å²) in [6.07, 6.45) is 0.505. The number of hydrogen-bond donors (Lipinski definition) is 1. The lowest BCUT2D eigenvalue weighted by Crippen LogP contribution is -2.41. The van der Waals surface area contributed by atoms with Crippen molar-refractivity contribution < 1.29 is 4.79 Å². The molecule has 0 saturated carbocycles. The van der Waals surface area contributed by atoms with E-state index in [2.05, 4.69) is 19.6 Å². The minimum atomic E-state index is 0.240. The third-order valence-corrected chi connectivity index (χ3v) is 4.32. The SMILES string of the molecule is CC1CN(C(=O)Cc2ccc(S)cc2)CCS1. The van der Waals surface area contributed by atoms with Gasteiger partial charge in [-0.3, -0.25) is 4.79 Å². The number of carbonyl (C=O) groups is 1. The van der Waals surface area contributed by atoms with Gasteiger partial charge in [0.05, 0.1) is 6.42 Å². The molecule has 0 spiro atoms. The van der Waals surface area contributed by atoms with E-state index in [9.17, 15) is 4.79 Å². The van der Waals surface area contributed by atoms with E-state index in [4.69, 9.17) is 0 Å². The Morgan fingerprint density at radius 1 is 1.47 bits per heavy atom. The Kier molecular flexibility index (Phi) is 4.40. The third kappa shape index (κ3) is 3.68. The van der Waals surface area contributed by atoms with E-state index in [1.54, 1.807) is 0 Å². The second-order valence-electron chi connectivity index (χ2n) is 4.36. The molecule has 1 amide bonds. The zero-order valence-corrected chi connectivity index (χ0v) is 11.6. The molecule has 4 heteroatoms. The van der Waals surface area contributed by atoms with Crippen molar-refractivity contribution in [2.24, 2.45) is 0 Å². The topological polar surface area (TPSA) is 20.3 Å². The predicted molar refractivity (Wildman–Crippen MR) is 75.9 cm³/mol. The molecular formula is C13H17NOS2. The summed E-state index contributed by atoms with van der Waals surface area (Å²) in [5.41, 5.74) is 1.07. The smallest absolute Gasteiger partial charge is 0.227 e. The maximum atomic E-state index is 12.1. The van der Waals surface area contributed by atoms with Crippen LogP contribution < -0.4 is 0 Å². The highest BCUT2D eigenvalue weighted by molar-refractivity contribution is 7.99. The summed E-state index contributed by atoms with van der Waals surface area (Å²) in [4.78, 5) is 15.0. The van der Waals surface area contributed by atoms with Crippen molar-refractivity contribution in [3.8, 4) is 0 Å². The number of rotatable bonds is 2. The molecule has 0 radical (unpaired) electrons. The number of carbonyl (C=O) groups excluding carboxylic acids is 1. The molecule has 1 unspecified atom stereocenters. The summed E-state index contributed by atoms with van der Waals surface area (Å²) in [7, 11) is 0. The molecule has 0 aromatic heterocycles. The van der Waals surface area contributed by atoms with Gasteiger partial charge in [0, 0.05) is 29.0 Å². The van der Waals surface area contributed by atoms with Crippen molar-refractivity contribution in [1.29, 1.82) is 0 Å². The van der Waals surface area contributed by atoms with Crippen LogP contribution in [0.2, 0.25) is 0 Å². The molecule has 92 valence electrons. The third-order valence-electron chi connectivity index (χ3n) is 2.89. The zero-order valence-electron chi connectivity index (χ0n) is 9.93. The first-order valence-corrected chi connectivity index (χ1v) is 7.32. The lowest BCUT2D eigenvalue weighted by molar-refractivity contribution is -0.130. The van der Waals surface area contributed by atoms with Crippen molar-refractivity contribution >= 4 is 30.3 Å². The molecule has 2 rings (SSSR count). The quantitative estimate of drug-likeness (QED) is 0.831. The first-order valence-electron chi connectivity index (χ1n) is 5.82. The second-order valence-corrected chi connectivity index (χ2v) is 6.43. The largest absolute Gasteiger partial charge is 0.340 e. The summed E-state index contributed by atoms with van der Waals surface area (Å²) >= 11 is 6.18. The number of amides is 1. The van der Waals surface area contributed by atoms with Gasteiger partial charge in [0.1, 0.15) is 0 Å². The second kappa shape index (κ2) is 5.83. The molecule has 17 heavy (non-hydrogen) atoms. The van der Waals surface area contributed by atoms with Crippen molar-refractivity contribution in [2.75, 3.05) is 18.8 Å². The summed E-state index contributed by atoms with van der Waals surface area (Å²) in [6, 6.07) is 7.81. The van der Waals surface area contributed by atoms with Crippen LogP contribution in [-0.2, 0) is 11.2 Å². The van der Waals surface area contributed by atoms with Crippen LogP contribution in [0.15, 0.2) is 29.2 Å². The number of hydrogen-bond acceptors (Lipinski definition) is 3. The van der Waals surface area contributed by atoms with Gasteiger partial charge in [-0.15, -0.1) is 12.6 Å². The first kappa shape index (κ1) is 12.8. The summed E-state index contributed by atoms with van der Waals surface area (Å²) in [5, 5.41) is 0.563. The Balaban J connectivity index is 1.94. The molecule has 0 aliphatic carbocycles. The normalized spacial score (nSPS) is 20.4. The Labute approximate surface area is 112 Å². The molecule has 1 aromatic rings. The fourth-order valence-electron chi connectivity index (χ4n) is 1.95. The lowest BCUT2D eigenvalue weighted by atomic mass is 10.1. The standard InChI is InChI=1S/C13H17NOS2/c1-10-9-14(6-7-17-10)13(15)8-11-2-4-12(16)5-3-11/h2-5,10,16H,6-9H2,1H3. The zero-order chi connectivity index (χ0) is 12.3. The van der Waals surface area contributed by atoms with E-state index < -0.39 is 0 Å². The van der Waals surface area contributed by atoms with Crippen LogP contribution in [0.1, 0.15) is 12.5 Å². The molecule has 1 aromatic carbocycles. The highest BCUT2D eigenvalue weighted by Crippen LogP contribution is 2.18. The Bertz CT molecular complexity index is 391. The van der Waals surface area contributed by atoms with Crippen molar-refractivity contribution in [3.05, 3.63) is 29.8 Å². The van der Waals surface area contributed by atoms with Gasteiger partial charge in [0.15, 0.2) is 0 Å². The maximum absolute atomic E-state index is 12.1. The maximum Gasteiger partial charge on any atom is 0.227 e. The molecule has 1 aliphatic heterocycles. The average Bonchev–Trinajstić information content (AvgIpc) is 2.32. The van der Waals surface area contributed by atoms with Crippen LogP contribution in [0.25, 0.3) is 0 Å². The van der Waals surface area contributed by atoms with E-state index in [-0.39, 0.29) is 5.91 Å². The van der Waals surface area contributed by atoms with Crippen molar-refractivity contribution in [2.45, 2.75) is 23.5 Å². The van der Waals surface area contributed by atoms with E-state index >= 15 is 0 Å². The molecule has 1 atom stereocenters. The van der Waals surface area contributed by atoms with Gasteiger partial charge < -0.3 is 4.90 Å². The summed E-state index contributed by atoms with van der Waals surface area (Å²) in [6.45, 7) is 3.95. The van der Waals surface area contributed by atoms with Gasteiger partial charge in [-0.1, -0.05) is 19.1 Å². The molecule has 0 bridgehead atoms. The highest BCUT2D eigenvalue weighted by Gasteiger charge is 2.21. The molecule has 1 aliphatic rings. The number of thioether (sulfide) groups is 1. The number of nitrogens with zero attached hydrogens (tertiary/aromatic N) is 1. The fraction of sp³-hybridized carbons (Fsp3) is 0.462. The van der Waals surface area contributed by atoms with Crippen molar-refractivity contribution in [3.63, 3.8) is 0 Å². The van der Waals surface area contributed by atoms with Gasteiger partial charge in [0.2, 0.25) is 5.91 Å². The monoisotopic (exact) mass is 267 g/mol. The number of thiol groups is 1. The van der Waals surface area contributed by atoms with Crippen LogP contribution in [0.4, 0.5) is 0 Å². The van der Waals surface area contributed by atoms with E-state index in [1.165, 1.54) is 0 Å². The summed E-state index contributed by atoms with van der Waals surface area (Å²) in [5.74, 6) is 1.30. The van der Waals surface area contributed by atoms with Gasteiger partial charge in [-0.05, 0) is 17.7 Å². The van der Waals surface area contributed by atoms with E-state index in [1.807, 2.05) is 40.9 Å². The average molecular weight is 267 g/mol. The van der Waals surface area contributed by atoms with Crippen LogP contribution >= 0.6 is 24.4 Å². The minimum absolute atomic E-state index is 0.240. The van der Waals surface area contributed by atoms with Crippen LogP contribution in [0.3, 0.4) is 0 Å². The molecule has 1 fully saturated rings. The fourth-order valence-corrected chi connectivity index (χ4v) is 3.11.